The van der Waals surface area contributed by atoms with E-state index in [1.807, 2.05) is 27.7 Å². The number of rotatable bonds is 16. The van der Waals surface area contributed by atoms with Crippen LogP contribution in [0.25, 0.3) is 0 Å². The maximum absolute atomic E-state index is 14.4. The summed E-state index contributed by atoms with van der Waals surface area (Å²) in [5, 5.41) is 5.87. The van der Waals surface area contributed by atoms with Gasteiger partial charge in [0.2, 0.25) is 17.6 Å². The fourth-order valence-corrected chi connectivity index (χ4v) is 6.46. The van der Waals surface area contributed by atoms with Gasteiger partial charge in [0.1, 0.15) is 12.1 Å². The van der Waals surface area contributed by atoms with Gasteiger partial charge in [-0.3, -0.25) is 24.0 Å². The van der Waals surface area contributed by atoms with E-state index in [4.69, 9.17) is 21.1 Å². The molecule has 0 unspecified atom stereocenters. The molecule has 13 heteroatoms. The van der Waals surface area contributed by atoms with Gasteiger partial charge in [0.05, 0.1) is 36.8 Å². The number of carbonyl (C=O) groups excluding carboxylic acids is 5. The maximum atomic E-state index is 14.4. The first-order valence-electron chi connectivity index (χ1n) is 15.7. The second-order valence-electron chi connectivity index (χ2n) is 13.2. The predicted molar refractivity (Wildman–Crippen MR) is 174 cm³/mol. The lowest BCUT2D eigenvalue weighted by atomic mass is 9.85. The minimum atomic E-state index is -0.867. The van der Waals surface area contributed by atoms with E-state index in [9.17, 15) is 24.0 Å². The van der Waals surface area contributed by atoms with Gasteiger partial charge >= 0.3 is 5.97 Å². The van der Waals surface area contributed by atoms with Crippen LogP contribution in [0.3, 0.4) is 0 Å². The minimum absolute atomic E-state index is 0.00404. The van der Waals surface area contributed by atoms with Gasteiger partial charge in [-0.05, 0) is 36.7 Å². The lowest BCUT2D eigenvalue weighted by molar-refractivity contribution is -0.142. The van der Waals surface area contributed by atoms with Crippen molar-refractivity contribution >= 4 is 57.3 Å². The second-order valence-corrected chi connectivity index (χ2v) is 14.5. The van der Waals surface area contributed by atoms with Gasteiger partial charge in [-0.1, -0.05) is 45.7 Å². The van der Waals surface area contributed by atoms with Gasteiger partial charge in [-0.15, -0.1) is 11.3 Å². The zero-order valence-corrected chi connectivity index (χ0v) is 28.6. The molecule has 0 spiro atoms. The second kappa shape index (κ2) is 15.5. The standard InChI is InChI=1S/C33H43ClN4O7S/c1-6-7-20(29(42)26(40)12-19-8-9-19)13-25(39)24-15-23(45-27-11-10-21(34)16-35-27)17-38(24)31(43)30(33(2,3)4)37-32-36-22(18-46-32)14-28(41)44-5/h10-11,16,18-20,23-24,30H,6-9,12-15,17H2,1-5H3,(H,36,37)/t20-,23-,24+,30-/m1/s1. The molecule has 1 amide bonds. The number of ether oxygens (including phenoxy) is 2. The normalized spacial score (nSPS) is 19.3. The van der Waals surface area contributed by atoms with Gasteiger partial charge in [0.15, 0.2) is 16.7 Å². The van der Waals surface area contributed by atoms with Gasteiger partial charge in [-0.2, -0.15) is 0 Å². The Morgan fingerprint density at radius 1 is 1.17 bits per heavy atom. The number of halogens is 1. The summed E-state index contributed by atoms with van der Waals surface area (Å²) in [4.78, 5) is 76.2. The number of nitrogens with zero attached hydrogens (tertiary/aromatic N) is 3. The van der Waals surface area contributed by atoms with Crippen molar-refractivity contribution in [1.29, 1.82) is 0 Å². The number of likely N-dealkylation sites (tertiary alicyclic amines) is 1. The number of ketones is 3. The van der Waals surface area contributed by atoms with Crippen LogP contribution >= 0.6 is 22.9 Å². The third-order valence-electron chi connectivity index (χ3n) is 8.29. The largest absolute Gasteiger partial charge is 0.472 e. The summed E-state index contributed by atoms with van der Waals surface area (Å²) in [6, 6.07) is 1.61. The van der Waals surface area contributed by atoms with E-state index in [0.29, 0.717) is 34.6 Å². The Morgan fingerprint density at radius 3 is 2.52 bits per heavy atom. The average Bonchev–Trinajstić information content (AvgIpc) is 3.54. The Labute approximate surface area is 278 Å². The van der Waals surface area contributed by atoms with E-state index in [1.165, 1.54) is 29.5 Å². The Bertz CT molecular complexity index is 1420. The molecular weight excluding hydrogens is 632 g/mol. The zero-order chi connectivity index (χ0) is 33.6. The van der Waals surface area contributed by atoms with Gasteiger partial charge in [-0.25, -0.2) is 9.97 Å². The summed E-state index contributed by atoms with van der Waals surface area (Å²) in [6.45, 7) is 7.76. The molecule has 250 valence electrons. The van der Waals surface area contributed by atoms with E-state index in [0.717, 1.165) is 12.8 Å². The number of esters is 1. The number of anilines is 1. The highest BCUT2D eigenvalue weighted by Crippen LogP contribution is 2.34. The Balaban J connectivity index is 1.57. The number of Topliss-reactive ketones (excluding diaryl/α,β-unsaturated/α-hetero) is 3. The summed E-state index contributed by atoms with van der Waals surface area (Å²) in [6.07, 6.45) is 4.20. The molecule has 0 radical (unpaired) electrons. The third-order valence-corrected chi connectivity index (χ3v) is 9.34. The molecule has 2 aromatic rings. The lowest BCUT2D eigenvalue weighted by Crippen LogP contribution is -2.53. The van der Waals surface area contributed by atoms with Crippen molar-refractivity contribution in [2.24, 2.45) is 17.3 Å². The quantitative estimate of drug-likeness (QED) is 0.189. The van der Waals surface area contributed by atoms with Crippen LogP contribution in [0.4, 0.5) is 5.13 Å². The van der Waals surface area contributed by atoms with Crippen molar-refractivity contribution in [3.8, 4) is 5.88 Å². The SMILES string of the molecule is CCC[C@H](CC(=O)[C@@H]1C[C@@H](Oc2ccc(Cl)cn2)CN1C(=O)[C@@H](Nc1nc(CC(=O)OC)cs1)C(C)(C)C)C(=O)C(=O)CC1CC1. The summed E-state index contributed by atoms with van der Waals surface area (Å²) in [5.41, 5.74) is -0.0913. The minimum Gasteiger partial charge on any atom is -0.472 e. The third kappa shape index (κ3) is 9.57. The number of hydrogen-bond donors (Lipinski definition) is 1. The Kier molecular flexibility index (Phi) is 11.9. The van der Waals surface area contributed by atoms with Crippen molar-refractivity contribution in [3.05, 3.63) is 34.4 Å². The smallest absolute Gasteiger partial charge is 0.311 e. The molecule has 46 heavy (non-hydrogen) atoms. The first-order chi connectivity index (χ1) is 21.8. The van der Waals surface area contributed by atoms with Gasteiger partial charge in [0.25, 0.3) is 0 Å². The summed E-state index contributed by atoms with van der Waals surface area (Å²) in [7, 11) is 1.31. The first-order valence-corrected chi connectivity index (χ1v) is 17.0. The monoisotopic (exact) mass is 674 g/mol. The molecule has 4 rings (SSSR count). The number of methoxy groups -OCH3 is 1. The highest BCUT2D eigenvalue weighted by atomic mass is 35.5. The molecule has 4 atom stereocenters. The van der Waals surface area contributed by atoms with E-state index in [2.05, 4.69) is 15.3 Å². The van der Waals surface area contributed by atoms with E-state index >= 15 is 0 Å². The van der Waals surface area contributed by atoms with E-state index in [-0.39, 0.29) is 49.8 Å². The van der Waals surface area contributed by atoms with E-state index < -0.39 is 47.1 Å². The van der Waals surface area contributed by atoms with Crippen LogP contribution in [-0.2, 0) is 35.1 Å². The highest BCUT2D eigenvalue weighted by Gasteiger charge is 2.46. The van der Waals surface area contributed by atoms with Crippen molar-refractivity contribution in [1.82, 2.24) is 14.9 Å². The van der Waals surface area contributed by atoms with Crippen molar-refractivity contribution < 1.29 is 33.4 Å². The van der Waals surface area contributed by atoms with Crippen LogP contribution in [0.1, 0.15) is 78.3 Å². The summed E-state index contributed by atoms with van der Waals surface area (Å²) >= 11 is 7.25. The molecule has 3 heterocycles. The molecule has 2 aliphatic rings. The molecule has 2 fully saturated rings. The molecule has 11 nitrogen and oxygen atoms in total. The number of carbonyl (C=O) groups is 5. The zero-order valence-electron chi connectivity index (χ0n) is 27.0. The number of nitrogens with one attached hydrogen (secondary N) is 1. The van der Waals surface area contributed by atoms with Crippen LogP contribution in [-0.4, -0.2) is 75.9 Å². The number of amides is 1. The summed E-state index contributed by atoms with van der Waals surface area (Å²) < 4.78 is 10.8. The Morgan fingerprint density at radius 2 is 1.91 bits per heavy atom. The molecular formula is C33H43ClN4O7S. The van der Waals surface area contributed by atoms with Crippen LogP contribution in [0.5, 0.6) is 5.88 Å². The number of pyridine rings is 1. The lowest BCUT2D eigenvalue weighted by Gasteiger charge is -2.35. The number of hydrogen-bond acceptors (Lipinski definition) is 11. The van der Waals surface area contributed by atoms with Crippen LogP contribution < -0.4 is 10.1 Å². The molecule has 0 bridgehead atoms. The molecule has 0 aromatic carbocycles. The fourth-order valence-electron chi connectivity index (χ4n) is 5.61. The van der Waals surface area contributed by atoms with Crippen LogP contribution in [0, 0.1) is 17.3 Å². The number of thiazole rings is 1. The number of aromatic nitrogens is 2. The first kappa shape index (κ1) is 35.5. The highest BCUT2D eigenvalue weighted by molar-refractivity contribution is 7.13. The maximum Gasteiger partial charge on any atom is 0.311 e. The van der Waals surface area contributed by atoms with Crippen LogP contribution in [0.15, 0.2) is 23.7 Å². The van der Waals surface area contributed by atoms with Crippen molar-refractivity contribution in [2.75, 3.05) is 19.0 Å². The molecule has 1 N–H and O–H groups in total. The topological polar surface area (TPSA) is 145 Å². The molecule has 2 aromatic heterocycles. The van der Waals surface area contributed by atoms with Crippen molar-refractivity contribution in [2.45, 2.75) is 97.2 Å². The van der Waals surface area contributed by atoms with E-state index in [1.54, 1.807) is 17.5 Å². The molecule has 1 saturated heterocycles. The summed E-state index contributed by atoms with van der Waals surface area (Å²) in [5.74, 6) is -2.07. The van der Waals surface area contributed by atoms with Gasteiger partial charge < -0.3 is 19.7 Å². The fraction of sp³-hybridized carbons (Fsp3) is 0.606. The van der Waals surface area contributed by atoms with Gasteiger partial charge in [0, 0.05) is 42.8 Å². The molecule has 1 aliphatic carbocycles. The molecule has 1 aliphatic heterocycles. The average molecular weight is 675 g/mol. The molecule has 1 saturated carbocycles. The van der Waals surface area contributed by atoms with Crippen LogP contribution in [0.2, 0.25) is 5.02 Å². The Hall–Kier alpha value is -3.38. The predicted octanol–water partition coefficient (Wildman–Crippen LogP) is 5.10. The van der Waals surface area contributed by atoms with Crippen molar-refractivity contribution in [3.63, 3.8) is 0 Å².